The molecule has 1 aliphatic carbocycles. The van der Waals surface area contributed by atoms with Crippen LogP contribution in [0.15, 0.2) is 35.3 Å². The van der Waals surface area contributed by atoms with Crippen LogP contribution in [-0.4, -0.2) is 45.8 Å². The molecular formula is C19H22N2O3. The summed E-state index contributed by atoms with van der Waals surface area (Å²) in [5.41, 5.74) is 3.51. The van der Waals surface area contributed by atoms with Crippen LogP contribution in [0.3, 0.4) is 0 Å². The molecule has 0 aromatic rings. The van der Waals surface area contributed by atoms with Crippen LogP contribution >= 0.6 is 0 Å². The smallest absolute Gasteiger partial charge is 0.308 e. The Morgan fingerprint density at radius 1 is 1.17 bits per heavy atom. The molecule has 1 saturated carbocycles. The molecular weight excluding hydrogens is 304 g/mol. The zero-order valence-corrected chi connectivity index (χ0v) is 13.6. The van der Waals surface area contributed by atoms with Crippen molar-refractivity contribution in [2.75, 3.05) is 13.1 Å². The quantitative estimate of drug-likeness (QED) is 0.842. The van der Waals surface area contributed by atoms with E-state index in [1.165, 1.54) is 12.1 Å². The number of hydrogen-bond acceptors (Lipinski definition) is 4. The number of carboxylic acids is 1. The van der Waals surface area contributed by atoms with Gasteiger partial charge in [-0.15, -0.1) is 0 Å². The number of nitrogens with zero attached hydrogens (tertiary/aromatic N) is 2. The van der Waals surface area contributed by atoms with Crippen molar-refractivity contribution >= 4 is 11.8 Å². The van der Waals surface area contributed by atoms with Gasteiger partial charge in [-0.3, -0.25) is 9.59 Å². The van der Waals surface area contributed by atoms with E-state index in [0.29, 0.717) is 24.9 Å². The molecule has 0 amide bonds. The Bertz CT molecular complexity index is 720. The summed E-state index contributed by atoms with van der Waals surface area (Å²) in [4.78, 5) is 28.1. The van der Waals surface area contributed by atoms with Gasteiger partial charge in [-0.05, 0) is 37.0 Å². The summed E-state index contributed by atoms with van der Waals surface area (Å²) in [6, 6.07) is 0.358. The summed E-state index contributed by atoms with van der Waals surface area (Å²) in [5.74, 6) is -0.256. The Kier molecular flexibility index (Phi) is 2.97. The molecule has 4 atom stereocenters. The number of carbonyl (C=O) groups is 2. The van der Waals surface area contributed by atoms with Crippen molar-refractivity contribution in [3.05, 3.63) is 35.3 Å². The van der Waals surface area contributed by atoms with Gasteiger partial charge in [0.25, 0.3) is 0 Å². The summed E-state index contributed by atoms with van der Waals surface area (Å²) < 4.78 is 0. The first-order valence-corrected chi connectivity index (χ1v) is 9.05. The second-order valence-corrected chi connectivity index (χ2v) is 7.77. The van der Waals surface area contributed by atoms with E-state index in [4.69, 9.17) is 0 Å². The largest absolute Gasteiger partial charge is 0.481 e. The van der Waals surface area contributed by atoms with E-state index < -0.39 is 5.97 Å². The summed E-state index contributed by atoms with van der Waals surface area (Å²) in [5, 5.41) is 9.63. The molecule has 3 fully saturated rings. The highest BCUT2D eigenvalue weighted by Crippen LogP contribution is 2.45. The summed E-state index contributed by atoms with van der Waals surface area (Å²) in [6.07, 6.45) is 11.7. The fourth-order valence-electron chi connectivity index (χ4n) is 5.36. The highest BCUT2D eigenvalue weighted by molar-refractivity contribution is 5.88. The molecule has 5 nitrogen and oxygen atoms in total. The van der Waals surface area contributed by atoms with Crippen LogP contribution in [-0.2, 0) is 9.59 Å². The minimum Gasteiger partial charge on any atom is -0.481 e. The highest BCUT2D eigenvalue weighted by Gasteiger charge is 2.47. The normalized spacial score (nSPS) is 37.0. The van der Waals surface area contributed by atoms with Crippen molar-refractivity contribution < 1.29 is 14.7 Å². The standard InChI is InChI=1S/C19H22N2O3/c22-18-10-20-12-5-11(18)6-13(20)8-14(7-12)21-9-16(19(23)24)15-3-1-2-4-17(15)21/h5,7-8,11,15-17H,1-4,6,9-10H2,(H,23,24)/t11-,15+,16+,17-/m0/s1. The molecule has 0 aromatic carbocycles. The van der Waals surface area contributed by atoms with Gasteiger partial charge in [0, 0.05) is 42.0 Å². The number of aliphatic carboxylic acids is 1. The Balaban J connectivity index is 1.49. The van der Waals surface area contributed by atoms with E-state index in [1.54, 1.807) is 0 Å². The minimum atomic E-state index is -0.647. The summed E-state index contributed by atoms with van der Waals surface area (Å²) in [6.45, 7) is 1.12. The number of fused-ring (bicyclic) bond motifs is 2. The van der Waals surface area contributed by atoms with E-state index in [9.17, 15) is 14.7 Å². The fraction of sp³-hybridized carbons (Fsp3) is 0.579. The number of allylic oxidation sites excluding steroid dienone is 4. The lowest BCUT2D eigenvalue weighted by molar-refractivity contribution is -0.142. The predicted molar refractivity (Wildman–Crippen MR) is 87.6 cm³/mol. The lowest BCUT2D eigenvalue weighted by Gasteiger charge is -2.44. The van der Waals surface area contributed by atoms with Gasteiger partial charge in [0.2, 0.25) is 0 Å². The van der Waals surface area contributed by atoms with E-state index in [0.717, 1.165) is 37.1 Å². The van der Waals surface area contributed by atoms with Gasteiger partial charge in [0.05, 0.1) is 12.5 Å². The number of piperidine rings is 1. The van der Waals surface area contributed by atoms with Gasteiger partial charge in [-0.2, -0.15) is 0 Å². The van der Waals surface area contributed by atoms with E-state index >= 15 is 0 Å². The molecule has 6 rings (SSSR count). The van der Waals surface area contributed by atoms with Crippen LogP contribution in [0.1, 0.15) is 32.1 Å². The molecule has 6 aliphatic rings. The molecule has 24 heavy (non-hydrogen) atoms. The highest BCUT2D eigenvalue weighted by atomic mass is 16.4. The van der Waals surface area contributed by atoms with Crippen molar-refractivity contribution in [1.82, 2.24) is 9.80 Å². The number of carboxylic acid groups (broad SMARTS) is 1. The van der Waals surface area contributed by atoms with Crippen LogP contribution in [0.2, 0.25) is 0 Å². The van der Waals surface area contributed by atoms with Crippen molar-refractivity contribution in [3.8, 4) is 0 Å². The van der Waals surface area contributed by atoms with Gasteiger partial charge >= 0.3 is 5.97 Å². The molecule has 5 heterocycles. The maximum atomic E-state index is 11.9. The maximum absolute atomic E-state index is 11.9. The van der Waals surface area contributed by atoms with Crippen LogP contribution < -0.4 is 0 Å². The summed E-state index contributed by atoms with van der Waals surface area (Å²) in [7, 11) is 0. The zero-order chi connectivity index (χ0) is 16.4. The molecule has 5 aliphatic heterocycles. The van der Waals surface area contributed by atoms with Crippen molar-refractivity contribution in [1.29, 1.82) is 0 Å². The minimum absolute atomic E-state index is 0.0434. The molecule has 0 aromatic heterocycles. The average molecular weight is 326 g/mol. The zero-order valence-electron chi connectivity index (χ0n) is 13.6. The molecule has 0 spiro atoms. The average Bonchev–Trinajstić information content (AvgIpc) is 2.94. The monoisotopic (exact) mass is 326 g/mol. The number of likely N-dealkylation sites (tertiary alicyclic amines) is 1. The van der Waals surface area contributed by atoms with Crippen LogP contribution in [0, 0.1) is 17.8 Å². The van der Waals surface area contributed by atoms with Gasteiger partial charge in [0.15, 0.2) is 5.78 Å². The molecule has 126 valence electrons. The Hall–Kier alpha value is -2.04. The van der Waals surface area contributed by atoms with E-state index in [2.05, 4.69) is 28.0 Å². The molecule has 1 N–H and O–H groups in total. The van der Waals surface area contributed by atoms with Gasteiger partial charge < -0.3 is 14.9 Å². The first-order valence-electron chi connectivity index (χ1n) is 9.05. The molecule has 2 saturated heterocycles. The topological polar surface area (TPSA) is 60.9 Å². The lowest BCUT2D eigenvalue weighted by atomic mass is 9.79. The Morgan fingerprint density at radius 3 is 2.75 bits per heavy atom. The lowest BCUT2D eigenvalue weighted by Crippen LogP contribution is -2.45. The van der Waals surface area contributed by atoms with E-state index in [-0.39, 0.29) is 17.8 Å². The van der Waals surface area contributed by atoms with Crippen molar-refractivity contribution in [2.45, 2.75) is 38.1 Å². The maximum Gasteiger partial charge on any atom is 0.308 e. The number of hydrogen-bond donors (Lipinski definition) is 1. The molecule has 0 unspecified atom stereocenters. The van der Waals surface area contributed by atoms with Gasteiger partial charge in [-0.25, -0.2) is 0 Å². The van der Waals surface area contributed by atoms with Crippen LogP contribution in [0.5, 0.6) is 0 Å². The SMILES string of the molecule is O=C1CN2C3=C[C@H]1CC2=CC(N1C[C@@H](C(=O)O)[C@H]2CCCC[C@@H]21)=C3. The fourth-order valence-corrected chi connectivity index (χ4v) is 5.36. The first-order chi connectivity index (χ1) is 11.6. The second kappa shape index (κ2) is 4.98. The Labute approximate surface area is 141 Å². The first kappa shape index (κ1) is 14.3. The third-order valence-corrected chi connectivity index (χ3v) is 6.54. The third kappa shape index (κ3) is 1.93. The number of Topliss-reactive ketones (excluding diaryl/α,β-unsaturated/α-hetero) is 1. The number of carbonyl (C=O) groups excluding carboxylic acids is 1. The summed E-state index contributed by atoms with van der Waals surface area (Å²) >= 11 is 0. The number of rotatable bonds is 2. The Morgan fingerprint density at radius 2 is 2.00 bits per heavy atom. The van der Waals surface area contributed by atoms with Crippen molar-refractivity contribution in [2.24, 2.45) is 17.8 Å². The van der Waals surface area contributed by atoms with E-state index in [1.807, 2.05) is 0 Å². The van der Waals surface area contributed by atoms with Crippen LogP contribution in [0.25, 0.3) is 0 Å². The van der Waals surface area contributed by atoms with Crippen LogP contribution in [0.4, 0.5) is 0 Å². The number of ketones is 1. The predicted octanol–water partition coefficient (Wildman–Crippen LogP) is 2.13. The molecule has 0 radical (unpaired) electrons. The van der Waals surface area contributed by atoms with Gasteiger partial charge in [-0.1, -0.05) is 12.8 Å². The molecule has 5 heteroatoms. The molecule has 4 bridgehead atoms. The third-order valence-electron chi connectivity index (χ3n) is 6.54. The second-order valence-electron chi connectivity index (χ2n) is 7.77. The van der Waals surface area contributed by atoms with Crippen molar-refractivity contribution in [3.63, 3.8) is 0 Å². The van der Waals surface area contributed by atoms with Gasteiger partial charge in [0.1, 0.15) is 0 Å².